The number of pyridine rings is 1. The van der Waals surface area contributed by atoms with E-state index >= 15 is 0 Å². The molecule has 0 aliphatic carbocycles. The van der Waals surface area contributed by atoms with Crippen LogP contribution in [0, 0.1) is 0 Å². The number of aromatic nitrogens is 1. The van der Waals surface area contributed by atoms with Crippen LogP contribution in [0.3, 0.4) is 0 Å². The molecule has 2 aromatic carbocycles. The lowest BCUT2D eigenvalue weighted by atomic mass is 10.1. The number of hydrogen-bond acceptors (Lipinski definition) is 5. The molecule has 3 aromatic rings. The van der Waals surface area contributed by atoms with Crippen LogP contribution in [-0.4, -0.2) is 36.8 Å². The third-order valence-corrected chi connectivity index (χ3v) is 4.86. The predicted octanol–water partition coefficient (Wildman–Crippen LogP) is 4.04. The predicted molar refractivity (Wildman–Crippen MR) is 105 cm³/mol. The first kappa shape index (κ1) is 17.6. The maximum Gasteiger partial charge on any atom is 0.145 e. The highest BCUT2D eigenvalue weighted by Gasteiger charge is 2.21. The first-order valence-electron chi connectivity index (χ1n) is 9.15. The van der Waals surface area contributed by atoms with Gasteiger partial charge in [0.15, 0.2) is 0 Å². The third-order valence-electron chi connectivity index (χ3n) is 4.86. The number of fused-ring (bicyclic) bond motifs is 2. The third kappa shape index (κ3) is 3.69. The fourth-order valence-corrected chi connectivity index (χ4v) is 3.59. The van der Waals surface area contributed by atoms with Gasteiger partial charge in [-0.2, -0.15) is 0 Å². The summed E-state index contributed by atoms with van der Waals surface area (Å²) in [6.45, 7) is 4.50. The van der Waals surface area contributed by atoms with Crippen LogP contribution in [0.2, 0.25) is 0 Å². The average molecular weight is 364 g/mol. The lowest BCUT2D eigenvalue weighted by Crippen LogP contribution is -2.30. The van der Waals surface area contributed by atoms with Crippen molar-refractivity contribution in [1.82, 2.24) is 9.88 Å². The maximum absolute atomic E-state index is 6.11. The minimum absolute atomic E-state index is 0.0911. The number of nitrogens with zero attached hydrogens (tertiary/aromatic N) is 2. The molecule has 1 aliphatic heterocycles. The Morgan fingerprint density at radius 1 is 1.11 bits per heavy atom. The smallest absolute Gasteiger partial charge is 0.145 e. The van der Waals surface area contributed by atoms with E-state index in [2.05, 4.69) is 36.1 Å². The van der Waals surface area contributed by atoms with Crippen molar-refractivity contribution in [3.8, 4) is 17.2 Å². The van der Waals surface area contributed by atoms with Crippen molar-refractivity contribution in [3.63, 3.8) is 0 Å². The summed E-state index contributed by atoms with van der Waals surface area (Å²) in [5, 5.41) is 1.09. The number of rotatable bonds is 4. The fraction of sp³-hybridized carbons (Fsp3) is 0.318. The van der Waals surface area contributed by atoms with Gasteiger partial charge in [-0.25, -0.2) is 4.98 Å². The number of methoxy groups -OCH3 is 2. The largest absolute Gasteiger partial charge is 0.497 e. The first-order valence-corrected chi connectivity index (χ1v) is 9.15. The molecule has 140 valence electrons. The average Bonchev–Trinajstić information content (AvgIpc) is 2.83. The van der Waals surface area contributed by atoms with Crippen molar-refractivity contribution >= 4 is 10.9 Å². The highest BCUT2D eigenvalue weighted by atomic mass is 16.5. The van der Waals surface area contributed by atoms with Gasteiger partial charge in [0.2, 0.25) is 0 Å². The molecule has 1 aliphatic rings. The molecule has 5 heteroatoms. The van der Waals surface area contributed by atoms with Gasteiger partial charge in [0.05, 0.1) is 19.9 Å². The Labute approximate surface area is 159 Å². The second-order valence-corrected chi connectivity index (χ2v) is 6.91. The molecule has 0 fully saturated rings. The Hall–Kier alpha value is -2.79. The Bertz CT molecular complexity index is 957. The number of para-hydroxylation sites is 1. The normalized spacial score (nSPS) is 17.1. The molecule has 2 heterocycles. The molecule has 0 saturated carbocycles. The fourth-order valence-electron chi connectivity index (χ4n) is 3.59. The van der Waals surface area contributed by atoms with E-state index in [1.54, 1.807) is 14.2 Å². The van der Waals surface area contributed by atoms with Crippen LogP contribution in [0.5, 0.6) is 17.2 Å². The Morgan fingerprint density at radius 3 is 2.81 bits per heavy atom. The van der Waals surface area contributed by atoms with Crippen molar-refractivity contribution in [2.24, 2.45) is 0 Å². The molecule has 1 aromatic heterocycles. The molecule has 0 spiro atoms. The number of hydrogen-bond donors (Lipinski definition) is 0. The van der Waals surface area contributed by atoms with Crippen LogP contribution in [0.15, 0.2) is 48.5 Å². The minimum atomic E-state index is 0.0911. The lowest BCUT2D eigenvalue weighted by molar-refractivity contribution is 0.155. The molecular formula is C22H24N2O3. The summed E-state index contributed by atoms with van der Waals surface area (Å²) < 4.78 is 16.9. The molecule has 0 radical (unpaired) electrons. The minimum Gasteiger partial charge on any atom is -0.497 e. The van der Waals surface area contributed by atoms with Gasteiger partial charge in [-0.05, 0) is 25.1 Å². The van der Waals surface area contributed by atoms with Gasteiger partial charge in [0, 0.05) is 36.7 Å². The van der Waals surface area contributed by atoms with E-state index in [1.807, 2.05) is 24.3 Å². The summed E-state index contributed by atoms with van der Waals surface area (Å²) >= 11 is 0. The summed E-state index contributed by atoms with van der Waals surface area (Å²) in [6.07, 6.45) is 0.0911. The second-order valence-electron chi connectivity index (χ2n) is 6.91. The number of benzene rings is 2. The topological polar surface area (TPSA) is 43.8 Å². The van der Waals surface area contributed by atoms with Crippen LogP contribution in [0.25, 0.3) is 10.9 Å². The molecule has 27 heavy (non-hydrogen) atoms. The Balaban J connectivity index is 1.61. The van der Waals surface area contributed by atoms with Gasteiger partial charge in [0.1, 0.15) is 28.9 Å². The SMILES string of the molecule is COc1ccc2c(c1)OC(C)CN(Cc1ccc3cccc(OC)c3n1)C2. The van der Waals surface area contributed by atoms with Gasteiger partial charge in [0.25, 0.3) is 0 Å². The highest BCUT2D eigenvalue weighted by molar-refractivity contribution is 5.84. The van der Waals surface area contributed by atoms with Crippen molar-refractivity contribution < 1.29 is 14.2 Å². The van der Waals surface area contributed by atoms with Gasteiger partial charge < -0.3 is 14.2 Å². The van der Waals surface area contributed by atoms with E-state index in [9.17, 15) is 0 Å². The van der Waals surface area contributed by atoms with Crippen molar-refractivity contribution in [1.29, 1.82) is 0 Å². The summed E-state index contributed by atoms with van der Waals surface area (Å²) in [7, 11) is 3.36. The molecule has 0 bridgehead atoms. The van der Waals surface area contributed by atoms with Crippen molar-refractivity contribution in [2.45, 2.75) is 26.1 Å². The van der Waals surface area contributed by atoms with Crippen LogP contribution in [-0.2, 0) is 13.1 Å². The van der Waals surface area contributed by atoms with Crippen LogP contribution >= 0.6 is 0 Å². The summed E-state index contributed by atoms with van der Waals surface area (Å²) in [6, 6.07) is 16.2. The van der Waals surface area contributed by atoms with Crippen LogP contribution in [0.1, 0.15) is 18.2 Å². The molecule has 0 N–H and O–H groups in total. The zero-order chi connectivity index (χ0) is 18.8. The molecule has 1 atom stereocenters. The van der Waals surface area contributed by atoms with E-state index in [0.717, 1.165) is 53.5 Å². The van der Waals surface area contributed by atoms with E-state index in [-0.39, 0.29) is 6.10 Å². The maximum atomic E-state index is 6.11. The van der Waals surface area contributed by atoms with E-state index in [1.165, 1.54) is 5.56 Å². The summed E-state index contributed by atoms with van der Waals surface area (Å²) in [5.74, 6) is 2.52. The van der Waals surface area contributed by atoms with E-state index < -0.39 is 0 Å². The van der Waals surface area contributed by atoms with E-state index in [0.29, 0.717) is 0 Å². The van der Waals surface area contributed by atoms with Crippen molar-refractivity contribution in [2.75, 3.05) is 20.8 Å². The Kier molecular flexibility index (Phi) is 4.86. The number of ether oxygens (including phenoxy) is 3. The summed E-state index contributed by atoms with van der Waals surface area (Å²) in [5.41, 5.74) is 3.09. The molecule has 1 unspecified atom stereocenters. The van der Waals surface area contributed by atoms with E-state index in [4.69, 9.17) is 19.2 Å². The van der Waals surface area contributed by atoms with Gasteiger partial charge >= 0.3 is 0 Å². The molecule has 5 nitrogen and oxygen atoms in total. The van der Waals surface area contributed by atoms with Gasteiger partial charge in [-0.15, -0.1) is 0 Å². The standard InChI is InChI=1S/C22H24N2O3/c1-15-12-24(13-17-8-10-19(25-2)11-21(17)27-15)14-18-9-7-16-5-4-6-20(26-3)22(16)23-18/h4-11,15H,12-14H2,1-3H3. The van der Waals surface area contributed by atoms with Gasteiger partial charge in [-0.1, -0.05) is 24.3 Å². The molecule has 4 rings (SSSR count). The second kappa shape index (κ2) is 7.45. The highest BCUT2D eigenvalue weighted by Crippen LogP contribution is 2.30. The van der Waals surface area contributed by atoms with Gasteiger partial charge in [-0.3, -0.25) is 4.90 Å². The zero-order valence-corrected chi connectivity index (χ0v) is 15.9. The molecule has 0 saturated heterocycles. The van der Waals surface area contributed by atoms with Crippen LogP contribution in [0.4, 0.5) is 0 Å². The Morgan fingerprint density at radius 2 is 2.00 bits per heavy atom. The van der Waals surface area contributed by atoms with Crippen molar-refractivity contribution in [3.05, 3.63) is 59.8 Å². The molecule has 0 amide bonds. The summed E-state index contributed by atoms with van der Waals surface area (Å²) in [4.78, 5) is 7.22. The quantitative estimate of drug-likeness (QED) is 0.699. The van der Waals surface area contributed by atoms with Crippen LogP contribution < -0.4 is 14.2 Å². The lowest BCUT2D eigenvalue weighted by Gasteiger charge is -2.21. The zero-order valence-electron chi connectivity index (χ0n) is 15.9. The first-order chi connectivity index (χ1) is 13.2. The monoisotopic (exact) mass is 364 g/mol. The molecular weight excluding hydrogens is 340 g/mol.